The molecule has 2 rings (SSSR count). The first-order valence-electron chi connectivity index (χ1n) is 4.86. The highest BCUT2D eigenvalue weighted by Gasteiger charge is 2.10. The van der Waals surface area contributed by atoms with Crippen LogP contribution in [0.4, 0.5) is 0 Å². The number of thioether (sulfide) groups is 2. The Bertz CT molecular complexity index is 377. The second-order valence-electron chi connectivity index (χ2n) is 3.40. The van der Waals surface area contributed by atoms with Gasteiger partial charge in [-0.15, -0.1) is 23.5 Å². The van der Waals surface area contributed by atoms with Crippen molar-refractivity contribution in [3.05, 3.63) is 23.8 Å². The van der Waals surface area contributed by atoms with Gasteiger partial charge in [0.1, 0.15) is 0 Å². The molecular weight excluding hydrogens is 228 g/mol. The fourth-order valence-corrected chi connectivity index (χ4v) is 3.27. The van der Waals surface area contributed by atoms with E-state index in [2.05, 4.69) is 12.1 Å². The molecule has 1 N–H and O–H groups in total. The van der Waals surface area contributed by atoms with Crippen molar-refractivity contribution in [3.63, 3.8) is 0 Å². The van der Waals surface area contributed by atoms with Crippen molar-refractivity contribution in [3.8, 4) is 0 Å². The Kier molecular flexibility index (Phi) is 3.59. The average Bonchev–Trinajstić information content (AvgIpc) is 2.26. The molecule has 2 nitrogen and oxygen atoms in total. The van der Waals surface area contributed by atoms with Crippen LogP contribution in [0.5, 0.6) is 0 Å². The van der Waals surface area contributed by atoms with Gasteiger partial charge in [-0.25, -0.2) is 0 Å². The molecule has 0 spiro atoms. The summed E-state index contributed by atoms with van der Waals surface area (Å²) >= 11 is 3.29. The van der Waals surface area contributed by atoms with Gasteiger partial charge in [0.15, 0.2) is 0 Å². The standard InChI is InChI=1S/C11H12O2S2/c12-11(13)7-15-9-3-4-10-8(6-9)2-1-5-14-10/h3-4,6H,1-2,5,7H2,(H,12,13). The number of rotatable bonds is 3. The van der Waals surface area contributed by atoms with Crippen LogP contribution < -0.4 is 0 Å². The van der Waals surface area contributed by atoms with E-state index in [9.17, 15) is 4.79 Å². The highest BCUT2D eigenvalue weighted by Crippen LogP contribution is 2.32. The molecule has 0 saturated carbocycles. The monoisotopic (exact) mass is 240 g/mol. The maximum atomic E-state index is 10.4. The smallest absolute Gasteiger partial charge is 0.313 e. The van der Waals surface area contributed by atoms with Crippen LogP contribution in [0.25, 0.3) is 0 Å². The molecule has 80 valence electrons. The Morgan fingerprint density at radius 3 is 3.20 bits per heavy atom. The van der Waals surface area contributed by atoms with Crippen LogP contribution in [-0.2, 0) is 11.2 Å². The zero-order valence-electron chi connectivity index (χ0n) is 8.23. The fourth-order valence-electron chi connectivity index (χ4n) is 1.57. The molecule has 1 aliphatic heterocycles. The summed E-state index contributed by atoms with van der Waals surface area (Å²) in [6, 6.07) is 6.27. The molecule has 1 aliphatic rings. The van der Waals surface area contributed by atoms with Crippen molar-refractivity contribution in [2.75, 3.05) is 11.5 Å². The van der Waals surface area contributed by atoms with Gasteiger partial charge < -0.3 is 5.11 Å². The van der Waals surface area contributed by atoms with Crippen molar-refractivity contribution >= 4 is 29.5 Å². The SMILES string of the molecule is O=C(O)CSc1ccc2c(c1)CCCS2. The van der Waals surface area contributed by atoms with E-state index in [1.165, 1.54) is 34.4 Å². The second kappa shape index (κ2) is 4.94. The number of hydrogen-bond donors (Lipinski definition) is 1. The van der Waals surface area contributed by atoms with Crippen molar-refractivity contribution in [2.24, 2.45) is 0 Å². The van der Waals surface area contributed by atoms with E-state index < -0.39 is 5.97 Å². The Balaban J connectivity index is 2.10. The summed E-state index contributed by atoms with van der Waals surface area (Å²) in [6.07, 6.45) is 2.36. The molecule has 0 bridgehead atoms. The van der Waals surface area contributed by atoms with E-state index in [0.29, 0.717) is 0 Å². The first-order chi connectivity index (χ1) is 7.25. The normalized spacial score (nSPS) is 14.7. The van der Waals surface area contributed by atoms with E-state index in [4.69, 9.17) is 5.11 Å². The number of fused-ring (bicyclic) bond motifs is 1. The quantitative estimate of drug-likeness (QED) is 0.824. The fraction of sp³-hybridized carbons (Fsp3) is 0.364. The molecule has 0 saturated heterocycles. The average molecular weight is 240 g/mol. The number of aryl methyl sites for hydroxylation is 1. The first kappa shape index (κ1) is 10.9. The van der Waals surface area contributed by atoms with Gasteiger partial charge in [-0.3, -0.25) is 4.79 Å². The molecule has 0 atom stereocenters. The zero-order valence-corrected chi connectivity index (χ0v) is 9.87. The lowest BCUT2D eigenvalue weighted by Crippen LogP contribution is -2.00. The van der Waals surface area contributed by atoms with Gasteiger partial charge in [0.25, 0.3) is 0 Å². The van der Waals surface area contributed by atoms with E-state index in [-0.39, 0.29) is 5.75 Å². The molecule has 0 aliphatic carbocycles. The summed E-state index contributed by atoms with van der Waals surface area (Å²) in [5.41, 5.74) is 1.38. The molecule has 1 aromatic carbocycles. The molecular formula is C11H12O2S2. The minimum Gasteiger partial charge on any atom is -0.481 e. The van der Waals surface area contributed by atoms with Crippen molar-refractivity contribution in [1.82, 2.24) is 0 Å². The number of benzene rings is 1. The molecule has 0 radical (unpaired) electrons. The third kappa shape index (κ3) is 2.92. The van der Waals surface area contributed by atoms with Crippen molar-refractivity contribution in [2.45, 2.75) is 22.6 Å². The Labute approximate surface area is 97.5 Å². The predicted molar refractivity (Wildman–Crippen MR) is 63.8 cm³/mol. The number of aliphatic carboxylic acids is 1. The Morgan fingerprint density at radius 1 is 1.53 bits per heavy atom. The third-order valence-corrected chi connectivity index (χ3v) is 4.42. The molecule has 4 heteroatoms. The molecule has 0 fully saturated rings. The van der Waals surface area contributed by atoms with Crippen LogP contribution >= 0.6 is 23.5 Å². The summed E-state index contributed by atoms with van der Waals surface area (Å²) < 4.78 is 0. The van der Waals surface area contributed by atoms with Crippen LogP contribution in [0.1, 0.15) is 12.0 Å². The summed E-state index contributed by atoms with van der Waals surface area (Å²) in [5, 5.41) is 8.59. The highest BCUT2D eigenvalue weighted by molar-refractivity contribution is 8.00. The van der Waals surface area contributed by atoms with E-state index in [1.807, 2.05) is 17.8 Å². The minimum absolute atomic E-state index is 0.145. The lowest BCUT2D eigenvalue weighted by atomic mass is 10.1. The van der Waals surface area contributed by atoms with Crippen LogP contribution in [-0.4, -0.2) is 22.6 Å². The molecule has 1 aromatic rings. The largest absolute Gasteiger partial charge is 0.481 e. The van der Waals surface area contributed by atoms with Crippen LogP contribution in [0.3, 0.4) is 0 Å². The summed E-state index contributed by atoms with van der Waals surface area (Å²) in [4.78, 5) is 12.9. The van der Waals surface area contributed by atoms with Crippen LogP contribution in [0, 0.1) is 0 Å². The lowest BCUT2D eigenvalue weighted by molar-refractivity contribution is -0.133. The van der Waals surface area contributed by atoms with Gasteiger partial charge in [-0.05, 0) is 42.4 Å². The van der Waals surface area contributed by atoms with Gasteiger partial charge in [-0.2, -0.15) is 0 Å². The zero-order chi connectivity index (χ0) is 10.7. The molecule has 0 aromatic heterocycles. The summed E-state index contributed by atoms with van der Waals surface area (Å²) in [7, 11) is 0. The number of carboxylic acids is 1. The topological polar surface area (TPSA) is 37.3 Å². The third-order valence-electron chi connectivity index (χ3n) is 2.24. The van der Waals surface area contributed by atoms with Gasteiger partial charge in [0.05, 0.1) is 5.75 Å². The van der Waals surface area contributed by atoms with E-state index >= 15 is 0 Å². The maximum absolute atomic E-state index is 10.4. The van der Waals surface area contributed by atoms with Crippen molar-refractivity contribution in [1.29, 1.82) is 0 Å². The lowest BCUT2D eigenvalue weighted by Gasteiger charge is -2.15. The summed E-state index contributed by atoms with van der Waals surface area (Å²) in [6.45, 7) is 0. The van der Waals surface area contributed by atoms with Crippen LogP contribution in [0.2, 0.25) is 0 Å². The van der Waals surface area contributed by atoms with Gasteiger partial charge >= 0.3 is 5.97 Å². The second-order valence-corrected chi connectivity index (χ2v) is 5.59. The van der Waals surface area contributed by atoms with Gasteiger partial charge in [0.2, 0.25) is 0 Å². The van der Waals surface area contributed by atoms with Gasteiger partial charge in [0, 0.05) is 9.79 Å². The van der Waals surface area contributed by atoms with Gasteiger partial charge in [-0.1, -0.05) is 0 Å². The maximum Gasteiger partial charge on any atom is 0.313 e. The van der Waals surface area contributed by atoms with E-state index in [0.717, 1.165) is 11.3 Å². The highest BCUT2D eigenvalue weighted by atomic mass is 32.2. The molecule has 15 heavy (non-hydrogen) atoms. The van der Waals surface area contributed by atoms with Crippen molar-refractivity contribution < 1.29 is 9.90 Å². The number of hydrogen-bond acceptors (Lipinski definition) is 3. The Morgan fingerprint density at radius 2 is 2.40 bits per heavy atom. The predicted octanol–water partition coefficient (Wildman–Crippen LogP) is 2.90. The number of carboxylic acid groups (broad SMARTS) is 1. The summed E-state index contributed by atoms with van der Waals surface area (Å²) in [5.74, 6) is 0.590. The molecule has 0 unspecified atom stereocenters. The van der Waals surface area contributed by atoms with Crippen LogP contribution in [0.15, 0.2) is 28.0 Å². The first-order valence-corrected chi connectivity index (χ1v) is 6.83. The molecule has 1 heterocycles. The molecule has 0 amide bonds. The van der Waals surface area contributed by atoms with E-state index in [1.54, 1.807) is 0 Å². The minimum atomic E-state index is -0.757. The number of carbonyl (C=O) groups is 1. The Hall–Kier alpha value is -0.610.